The summed E-state index contributed by atoms with van der Waals surface area (Å²) in [5.41, 5.74) is 2.01. The van der Waals surface area contributed by atoms with Crippen LogP contribution in [0.2, 0.25) is 0 Å². The number of rotatable bonds is 4. The molecule has 1 atom stereocenters. The number of fused-ring (bicyclic) bond motifs is 1. The van der Waals surface area contributed by atoms with E-state index in [2.05, 4.69) is 65.4 Å². The zero-order chi connectivity index (χ0) is 16.4. The summed E-state index contributed by atoms with van der Waals surface area (Å²) in [5, 5.41) is 4.46. The molecule has 1 aliphatic heterocycles. The second kappa shape index (κ2) is 6.73. The van der Waals surface area contributed by atoms with Crippen LogP contribution in [0.1, 0.15) is 6.42 Å². The van der Waals surface area contributed by atoms with Crippen molar-refractivity contribution in [2.75, 3.05) is 29.9 Å². The molecule has 1 saturated heterocycles. The van der Waals surface area contributed by atoms with Gasteiger partial charge < -0.3 is 10.2 Å². The predicted molar refractivity (Wildman–Crippen MR) is 100 cm³/mol. The first-order valence-electron chi connectivity index (χ1n) is 8.10. The third-order valence-electron chi connectivity index (χ3n) is 4.43. The average molecular weight is 384 g/mol. The van der Waals surface area contributed by atoms with Gasteiger partial charge in [0, 0.05) is 36.0 Å². The van der Waals surface area contributed by atoms with E-state index in [4.69, 9.17) is 0 Å². The number of aromatic nitrogens is 3. The van der Waals surface area contributed by atoms with Crippen molar-refractivity contribution in [3.63, 3.8) is 0 Å². The predicted octanol–water partition coefficient (Wildman–Crippen LogP) is 3.73. The van der Waals surface area contributed by atoms with E-state index < -0.39 is 0 Å². The van der Waals surface area contributed by atoms with Crippen LogP contribution in [-0.2, 0) is 0 Å². The van der Waals surface area contributed by atoms with Crippen molar-refractivity contribution in [2.24, 2.45) is 5.92 Å². The van der Waals surface area contributed by atoms with E-state index in [1.807, 2.05) is 12.1 Å². The van der Waals surface area contributed by atoms with Crippen LogP contribution < -0.4 is 10.2 Å². The molecule has 1 unspecified atom stereocenters. The van der Waals surface area contributed by atoms with Crippen LogP contribution in [0.15, 0.2) is 53.4 Å². The highest BCUT2D eigenvalue weighted by Gasteiger charge is 2.23. The Morgan fingerprint density at radius 2 is 2.12 bits per heavy atom. The molecule has 1 aromatic carbocycles. The van der Waals surface area contributed by atoms with Gasteiger partial charge in [-0.05, 0) is 42.7 Å². The van der Waals surface area contributed by atoms with Gasteiger partial charge in [0.15, 0.2) is 5.65 Å². The van der Waals surface area contributed by atoms with Crippen LogP contribution in [0.5, 0.6) is 0 Å². The topological polar surface area (TPSA) is 53.9 Å². The summed E-state index contributed by atoms with van der Waals surface area (Å²) < 4.78 is 1.13. The van der Waals surface area contributed by atoms with Gasteiger partial charge in [0.05, 0.1) is 5.39 Å². The molecule has 2 aromatic heterocycles. The second-order valence-corrected chi connectivity index (χ2v) is 6.97. The Morgan fingerprint density at radius 1 is 1.17 bits per heavy atom. The number of benzene rings is 1. The molecule has 0 radical (unpaired) electrons. The molecular weight excluding hydrogens is 366 g/mol. The number of pyridine rings is 1. The van der Waals surface area contributed by atoms with E-state index in [1.165, 1.54) is 12.1 Å². The Labute approximate surface area is 149 Å². The minimum Gasteiger partial charge on any atom is -0.371 e. The molecule has 0 bridgehead atoms. The lowest BCUT2D eigenvalue weighted by atomic mass is 10.1. The first-order chi connectivity index (χ1) is 11.8. The number of hydrogen-bond donors (Lipinski definition) is 1. The van der Waals surface area contributed by atoms with Gasteiger partial charge in [-0.25, -0.2) is 15.0 Å². The third-order valence-corrected chi connectivity index (χ3v) is 4.92. The normalized spacial score (nSPS) is 17.4. The number of nitrogens with zero attached hydrogens (tertiary/aromatic N) is 4. The Kier molecular flexibility index (Phi) is 4.30. The fourth-order valence-corrected chi connectivity index (χ4v) is 3.57. The van der Waals surface area contributed by atoms with E-state index in [0.29, 0.717) is 5.92 Å². The lowest BCUT2D eigenvalue weighted by molar-refractivity contribution is 0.621. The molecule has 3 heterocycles. The molecule has 0 amide bonds. The van der Waals surface area contributed by atoms with Gasteiger partial charge in [0.25, 0.3) is 0 Å². The minimum atomic E-state index is 0.602. The number of anilines is 2. The Morgan fingerprint density at radius 3 is 3.04 bits per heavy atom. The van der Waals surface area contributed by atoms with E-state index in [9.17, 15) is 0 Å². The monoisotopic (exact) mass is 383 g/mol. The van der Waals surface area contributed by atoms with Crippen LogP contribution in [0.3, 0.4) is 0 Å². The van der Waals surface area contributed by atoms with Crippen molar-refractivity contribution in [3.8, 4) is 0 Å². The van der Waals surface area contributed by atoms with E-state index >= 15 is 0 Å². The maximum Gasteiger partial charge on any atom is 0.164 e. The molecule has 24 heavy (non-hydrogen) atoms. The molecule has 0 spiro atoms. The second-order valence-electron chi connectivity index (χ2n) is 6.06. The maximum atomic E-state index is 4.37. The summed E-state index contributed by atoms with van der Waals surface area (Å²) in [6, 6.07) is 12.4. The highest BCUT2D eigenvalue weighted by Crippen LogP contribution is 2.26. The van der Waals surface area contributed by atoms with Crippen LogP contribution in [-0.4, -0.2) is 34.6 Å². The molecule has 4 rings (SSSR count). The quantitative estimate of drug-likeness (QED) is 0.743. The molecule has 3 aromatic rings. The van der Waals surface area contributed by atoms with Crippen LogP contribution in [0.4, 0.5) is 11.5 Å². The van der Waals surface area contributed by atoms with Crippen molar-refractivity contribution >= 4 is 38.5 Å². The summed E-state index contributed by atoms with van der Waals surface area (Å²) in [6.07, 6.45) is 4.51. The highest BCUT2D eigenvalue weighted by molar-refractivity contribution is 9.10. The van der Waals surface area contributed by atoms with Crippen molar-refractivity contribution < 1.29 is 0 Å². The average Bonchev–Trinajstić information content (AvgIpc) is 3.09. The van der Waals surface area contributed by atoms with Crippen LogP contribution in [0.25, 0.3) is 11.0 Å². The first-order valence-corrected chi connectivity index (χ1v) is 8.89. The summed E-state index contributed by atoms with van der Waals surface area (Å²) in [6.45, 7) is 3.06. The molecule has 1 fully saturated rings. The zero-order valence-corrected chi connectivity index (χ0v) is 14.8. The van der Waals surface area contributed by atoms with Gasteiger partial charge in [0.1, 0.15) is 12.1 Å². The van der Waals surface area contributed by atoms with Crippen molar-refractivity contribution in [3.05, 3.63) is 53.4 Å². The molecule has 1 N–H and O–H groups in total. The van der Waals surface area contributed by atoms with Crippen molar-refractivity contribution in [2.45, 2.75) is 6.42 Å². The molecule has 0 saturated carbocycles. The smallest absolute Gasteiger partial charge is 0.164 e. The largest absolute Gasteiger partial charge is 0.371 e. The fraction of sp³-hybridized carbons (Fsp3) is 0.278. The Bertz CT molecular complexity index is 848. The summed E-state index contributed by atoms with van der Waals surface area (Å²) >= 11 is 3.55. The van der Waals surface area contributed by atoms with E-state index in [-0.39, 0.29) is 0 Å². The van der Waals surface area contributed by atoms with E-state index in [1.54, 1.807) is 12.5 Å². The SMILES string of the molecule is Brc1cccc(N2CCC(CNc3ncnc4ncccc34)C2)c1. The van der Waals surface area contributed by atoms with Gasteiger partial charge in [-0.15, -0.1) is 0 Å². The van der Waals surface area contributed by atoms with Gasteiger partial charge in [-0.1, -0.05) is 22.0 Å². The highest BCUT2D eigenvalue weighted by atomic mass is 79.9. The lowest BCUT2D eigenvalue weighted by Crippen LogP contribution is -2.22. The number of halogens is 1. The Hall–Kier alpha value is -2.21. The van der Waals surface area contributed by atoms with Gasteiger partial charge in [-0.3, -0.25) is 0 Å². The molecule has 122 valence electrons. The van der Waals surface area contributed by atoms with Crippen molar-refractivity contribution in [1.82, 2.24) is 15.0 Å². The summed E-state index contributed by atoms with van der Waals surface area (Å²) in [7, 11) is 0. The van der Waals surface area contributed by atoms with Crippen LogP contribution >= 0.6 is 15.9 Å². The molecule has 5 nitrogen and oxygen atoms in total. The summed E-state index contributed by atoms with van der Waals surface area (Å²) in [5.74, 6) is 1.47. The third kappa shape index (κ3) is 3.19. The van der Waals surface area contributed by atoms with Gasteiger partial charge >= 0.3 is 0 Å². The fourth-order valence-electron chi connectivity index (χ4n) is 3.18. The zero-order valence-electron chi connectivity index (χ0n) is 13.2. The van der Waals surface area contributed by atoms with E-state index in [0.717, 1.165) is 41.0 Å². The first kappa shape index (κ1) is 15.3. The lowest BCUT2D eigenvalue weighted by Gasteiger charge is -2.19. The Balaban J connectivity index is 1.42. The van der Waals surface area contributed by atoms with Gasteiger partial charge in [-0.2, -0.15) is 0 Å². The maximum absolute atomic E-state index is 4.37. The molecular formula is C18H18BrN5. The van der Waals surface area contributed by atoms with Gasteiger partial charge in [0.2, 0.25) is 0 Å². The summed E-state index contributed by atoms with van der Waals surface area (Å²) in [4.78, 5) is 15.3. The minimum absolute atomic E-state index is 0.602. The number of nitrogens with one attached hydrogen (secondary N) is 1. The molecule has 1 aliphatic rings. The standard InChI is InChI=1S/C18H18BrN5/c19-14-3-1-4-15(9-14)24-8-6-13(11-24)10-21-18-16-5-2-7-20-17(16)22-12-23-18/h1-5,7,9,12-13H,6,8,10-11H2,(H,20,21,22,23). The molecule has 0 aliphatic carbocycles. The molecule has 6 heteroatoms. The van der Waals surface area contributed by atoms with Crippen LogP contribution in [0, 0.1) is 5.92 Å². The van der Waals surface area contributed by atoms with Crippen molar-refractivity contribution in [1.29, 1.82) is 0 Å². The number of hydrogen-bond acceptors (Lipinski definition) is 5.